The van der Waals surface area contributed by atoms with Crippen LogP contribution in [0.15, 0.2) is 24.3 Å². The predicted molar refractivity (Wildman–Crippen MR) is 66.2 cm³/mol. The molecule has 1 rings (SSSR count). The van der Waals surface area contributed by atoms with Gasteiger partial charge in [0.1, 0.15) is 0 Å². The van der Waals surface area contributed by atoms with Crippen molar-refractivity contribution in [3.05, 3.63) is 35.4 Å². The van der Waals surface area contributed by atoms with Gasteiger partial charge in [0, 0.05) is 17.4 Å². The van der Waals surface area contributed by atoms with Crippen molar-refractivity contribution in [1.29, 1.82) is 0 Å². The Morgan fingerprint density at radius 3 is 2.06 bits per heavy atom. The molecule has 92 valence electrons. The van der Waals surface area contributed by atoms with E-state index in [1.54, 1.807) is 12.1 Å². The Bertz CT molecular complexity index is 410. The molecule has 0 spiro atoms. The first-order chi connectivity index (χ1) is 7.80. The van der Waals surface area contributed by atoms with E-state index >= 15 is 0 Å². The average Bonchev–Trinajstić information content (AvgIpc) is 2.25. The smallest absolute Gasteiger partial charge is 0.303 e. The molecule has 0 radical (unpaired) electrons. The molecule has 1 N–H and O–H groups in total. The third-order valence-corrected chi connectivity index (χ3v) is 2.52. The topological polar surface area (TPSA) is 54.4 Å². The quantitative estimate of drug-likeness (QED) is 0.815. The highest BCUT2D eigenvalue weighted by molar-refractivity contribution is 5.99. The summed E-state index contributed by atoms with van der Waals surface area (Å²) in [7, 11) is 0. The number of rotatable bonds is 4. The lowest BCUT2D eigenvalue weighted by Crippen LogP contribution is -2.20. The molecular weight excluding hydrogens is 216 g/mol. The molecule has 0 amide bonds. The summed E-state index contributed by atoms with van der Waals surface area (Å²) in [6, 6.07) is 7.18. The van der Waals surface area contributed by atoms with Crippen LogP contribution < -0.4 is 0 Å². The molecule has 0 aliphatic carbocycles. The second-order valence-corrected chi connectivity index (χ2v) is 5.17. The first-order valence-electron chi connectivity index (χ1n) is 5.66. The Kier molecular flexibility index (Phi) is 4.05. The molecule has 17 heavy (non-hydrogen) atoms. The van der Waals surface area contributed by atoms with Crippen molar-refractivity contribution < 1.29 is 14.7 Å². The summed E-state index contributed by atoms with van der Waals surface area (Å²) in [6.45, 7) is 5.65. The minimum atomic E-state index is -0.806. The third-order valence-electron chi connectivity index (χ3n) is 2.52. The van der Waals surface area contributed by atoms with Crippen molar-refractivity contribution in [3.63, 3.8) is 0 Å². The van der Waals surface area contributed by atoms with Gasteiger partial charge in [0.05, 0.1) is 0 Å². The van der Waals surface area contributed by atoms with Crippen LogP contribution in [0.25, 0.3) is 0 Å². The monoisotopic (exact) mass is 234 g/mol. The van der Waals surface area contributed by atoms with E-state index in [9.17, 15) is 9.59 Å². The van der Waals surface area contributed by atoms with E-state index in [0.29, 0.717) is 12.0 Å². The fourth-order valence-electron chi connectivity index (χ4n) is 1.51. The molecule has 0 atom stereocenters. The zero-order chi connectivity index (χ0) is 13.1. The van der Waals surface area contributed by atoms with Gasteiger partial charge in [0.25, 0.3) is 0 Å². The maximum absolute atomic E-state index is 11.9. The number of carbonyl (C=O) groups excluding carboxylic acids is 1. The van der Waals surface area contributed by atoms with Crippen LogP contribution in [0.3, 0.4) is 0 Å². The predicted octanol–water partition coefficient (Wildman–Crippen LogP) is 2.93. The molecule has 0 bridgehead atoms. The third kappa shape index (κ3) is 4.02. The summed E-state index contributed by atoms with van der Waals surface area (Å²) in [6.07, 6.45) is 0.617. The van der Waals surface area contributed by atoms with Gasteiger partial charge in [-0.25, -0.2) is 0 Å². The van der Waals surface area contributed by atoms with Gasteiger partial charge >= 0.3 is 5.97 Å². The Labute approximate surface area is 101 Å². The van der Waals surface area contributed by atoms with Crippen molar-refractivity contribution in [2.75, 3.05) is 0 Å². The van der Waals surface area contributed by atoms with E-state index < -0.39 is 5.97 Å². The van der Waals surface area contributed by atoms with E-state index in [0.717, 1.165) is 5.56 Å². The molecule has 1 aromatic carbocycles. The van der Waals surface area contributed by atoms with Crippen LogP contribution in [0.2, 0.25) is 0 Å². The summed E-state index contributed by atoms with van der Waals surface area (Å²) in [5, 5.41) is 8.57. The molecule has 0 aliphatic heterocycles. The summed E-state index contributed by atoms with van der Waals surface area (Å²) in [5.74, 6) is -0.706. The number of hydrogen-bond donors (Lipinski definition) is 1. The lowest BCUT2D eigenvalue weighted by atomic mass is 9.86. The normalized spacial score (nSPS) is 11.2. The number of ketones is 1. The zero-order valence-electron chi connectivity index (χ0n) is 10.5. The largest absolute Gasteiger partial charge is 0.481 e. The van der Waals surface area contributed by atoms with Crippen molar-refractivity contribution >= 4 is 11.8 Å². The highest BCUT2D eigenvalue weighted by Crippen LogP contribution is 2.21. The summed E-state index contributed by atoms with van der Waals surface area (Å²) in [5.41, 5.74) is 1.23. The number of carboxylic acid groups (broad SMARTS) is 1. The van der Waals surface area contributed by atoms with Gasteiger partial charge < -0.3 is 5.11 Å². The number of Topliss-reactive ketones (excluding diaryl/α,β-unsaturated/α-hetero) is 1. The number of hydrogen-bond acceptors (Lipinski definition) is 2. The van der Waals surface area contributed by atoms with Gasteiger partial charge in [-0.15, -0.1) is 0 Å². The number of aryl methyl sites for hydroxylation is 1. The van der Waals surface area contributed by atoms with Crippen molar-refractivity contribution in [3.8, 4) is 0 Å². The number of carbonyl (C=O) groups is 2. The lowest BCUT2D eigenvalue weighted by molar-refractivity contribution is -0.136. The molecule has 0 unspecified atom stereocenters. The first-order valence-corrected chi connectivity index (χ1v) is 5.66. The molecule has 0 saturated heterocycles. The number of aliphatic carboxylic acids is 1. The van der Waals surface area contributed by atoms with Gasteiger partial charge in [0.2, 0.25) is 0 Å². The van der Waals surface area contributed by atoms with Gasteiger partial charge in [0.15, 0.2) is 5.78 Å². The van der Waals surface area contributed by atoms with Gasteiger partial charge in [-0.05, 0) is 12.0 Å². The fraction of sp³-hybridized carbons (Fsp3) is 0.429. The highest BCUT2D eigenvalue weighted by atomic mass is 16.4. The molecule has 0 aromatic heterocycles. The molecule has 3 nitrogen and oxygen atoms in total. The zero-order valence-corrected chi connectivity index (χ0v) is 10.5. The summed E-state index contributed by atoms with van der Waals surface area (Å²) < 4.78 is 0. The van der Waals surface area contributed by atoms with Crippen molar-refractivity contribution in [2.45, 2.75) is 33.6 Å². The minimum absolute atomic E-state index is 0.0993. The summed E-state index contributed by atoms with van der Waals surface area (Å²) >= 11 is 0. The van der Waals surface area contributed by atoms with E-state index in [1.165, 1.54) is 0 Å². The van der Waals surface area contributed by atoms with Crippen LogP contribution >= 0.6 is 0 Å². The van der Waals surface area contributed by atoms with Gasteiger partial charge in [-0.2, -0.15) is 0 Å². The van der Waals surface area contributed by atoms with E-state index in [2.05, 4.69) is 0 Å². The van der Waals surface area contributed by atoms with E-state index in [1.807, 2.05) is 32.9 Å². The molecule has 1 aromatic rings. The van der Waals surface area contributed by atoms with Crippen LogP contribution in [-0.4, -0.2) is 16.9 Å². The maximum atomic E-state index is 11.9. The van der Waals surface area contributed by atoms with Crippen LogP contribution in [-0.2, 0) is 11.2 Å². The molecule has 0 heterocycles. The summed E-state index contributed by atoms with van der Waals surface area (Å²) in [4.78, 5) is 22.4. The molecule has 0 saturated carbocycles. The van der Waals surface area contributed by atoms with Crippen LogP contribution in [0.1, 0.15) is 43.1 Å². The number of carboxylic acids is 1. The standard InChI is InChI=1S/C14H18O3/c1-14(2,3)13(17)11-7-4-10(5-8-11)6-9-12(15)16/h4-5,7-8H,6,9H2,1-3H3,(H,15,16). The molecule has 0 aliphatic rings. The van der Waals surface area contributed by atoms with E-state index in [-0.39, 0.29) is 17.6 Å². The second kappa shape index (κ2) is 5.13. The Balaban J connectivity index is 2.75. The molecular formula is C14H18O3. The highest BCUT2D eigenvalue weighted by Gasteiger charge is 2.22. The Morgan fingerprint density at radius 2 is 1.65 bits per heavy atom. The lowest BCUT2D eigenvalue weighted by Gasteiger charge is -2.16. The van der Waals surface area contributed by atoms with Crippen LogP contribution in [0.4, 0.5) is 0 Å². The second-order valence-electron chi connectivity index (χ2n) is 5.17. The van der Waals surface area contributed by atoms with Crippen LogP contribution in [0.5, 0.6) is 0 Å². The average molecular weight is 234 g/mol. The minimum Gasteiger partial charge on any atom is -0.481 e. The molecule has 0 fully saturated rings. The van der Waals surface area contributed by atoms with Crippen molar-refractivity contribution in [1.82, 2.24) is 0 Å². The Hall–Kier alpha value is -1.64. The first kappa shape index (κ1) is 13.4. The van der Waals surface area contributed by atoms with Gasteiger partial charge in [-0.1, -0.05) is 45.0 Å². The fourth-order valence-corrected chi connectivity index (χ4v) is 1.51. The maximum Gasteiger partial charge on any atom is 0.303 e. The molecule has 3 heteroatoms. The van der Waals surface area contributed by atoms with Gasteiger partial charge in [-0.3, -0.25) is 9.59 Å². The van der Waals surface area contributed by atoms with Crippen LogP contribution in [0, 0.1) is 5.41 Å². The van der Waals surface area contributed by atoms with Crippen molar-refractivity contribution in [2.24, 2.45) is 5.41 Å². The van der Waals surface area contributed by atoms with E-state index in [4.69, 9.17) is 5.11 Å². The Morgan fingerprint density at radius 1 is 1.12 bits per heavy atom. The number of benzene rings is 1. The SMILES string of the molecule is CC(C)(C)C(=O)c1ccc(CCC(=O)O)cc1.